The molecular formula is C8H13N3. The minimum Gasteiger partial charge on any atom is -0.396 e. The summed E-state index contributed by atoms with van der Waals surface area (Å²) in [5.41, 5.74) is 7.27. The number of aromatic nitrogens is 2. The first-order valence-corrected chi connectivity index (χ1v) is 3.58. The van der Waals surface area contributed by atoms with Crippen LogP contribution >= 0.6 is 0 Å². The second-order valence-corrected chi connectivity index (χ2v) is 3.58. The van der Waals surface area contributed by atoms with Gasteiger partial charge in [-0.15, -0.1) is 0 Å². The fourth-order valence-corrected chi connectivity index (χ4v) is 0.967. The third-order valence-corrected chi connectivity index (χ3v) is 1.45. The molecule has 0 saturated heterocycles. The summed E-state index contributed by atoms with van der Waals surface area (Å²) in [6.07, 6.45) is 3.16. The molecule has 0 atom stereocenters. The van der Waals surface area contributed by atoms with E-state index in [4.69, 9.17) is 5.73 Å². The molecule has 0 aromatic carbocycles. The van der Waals surface area contributed by atoms with Crippen molar-refractivity contribution in [3.8, 4) is 0 Å². The van der Waals surface area contributed by atoms with Crippen LogP contribution in [0.4, 0.5) is 5.69 Å². The van der Waals surface area contributed by atoms with Gasteiger partial charge in [0.25, 0.3) is 0 Å². The molecule has 1 rings (SSSR count). The number of nitrogens with two attached hydrogens (primary N) is 1. The van der Waals surface area contributed by atoms with Gasteiger partial charge in [0.1, 0.15) is 6.33 Å². The van der Waals surface area contributed by atoms with Crippen LogP contribution in [0.25, 0.3) is 0 Å². The van der Waals surface area contributed by atoms with E-state index in [0.717, 1.165) is 5.69 Å². The quantitative estimate of drug-likeness (QED) is 0.609. The predicted octanol–water partition coefficient (Wildman–Crippen LogP) is 1.36. The molecular weight excluding hydrogens is 138 g/mol. The van der Waals surface area contributed by atoms with E-state index in [1.54, 1.807) is 6.20 Å². The number of hydrogen-bond acceptors (Lipinski definition) is 3. The standard InChI is InChI=1S/C8H13N3/c1-8(2,3)7-6(9)4-10-5-11-7/h4-5H,9H2,1-3H3. The van der Waals surface area contributed by atoms with Crippen molar-refractivity contribution in [1.82, 2.24) is 9.97 Å². The first-order valence-electron chi connectivity index (χ1n) is 3.58. The van der Waals surface area contributed by atoms with Crippen LogP contribution in [-0.4, -0.2) is 9.97 Å². The van der Waals surface area contributed by atoms with Crippen LogP contribution in [-0.2, 0) is 5.41 Å². The highest BCUT2D eigenvalue weighted by atomic mass is 14.9. The molecule has 3 nitrogen and oxygen atoms in total. The van der Waals surface area contributed by atoms with E-state index >= 15 is 0 Å². The zero-order valence-corrected chi connectivity index (χ0v) is 7.13. The third kappa shape index (κ3) is 1.67. The number of nitrogens with zero attached hydrogens (tertiary/aromatic N) is 2. The molecule has 0 unspecified atom stereocenters. The lowest BCUT2D eigenvalue weighted by molar-refractivity contribution is 0.569. The lowest BCUT2D eigenvalue weighted by Gasteiger charge is -2.18. The number of nitrogen functional groups attached to an aromatic ring is 1. The Labute approximate surface area is 66.7 Å². The second-order valence-electron chi connectivity index (χ2n) is 3.58. The van der Waals surface area contributed by atoms with Crippen LogP contribution in [0, 0.1) is 0 Å². The first kappa shape index (κ1) is 7.98. The molecule has 3 heteroatoms. The number of hydrogen-bond donors (Lipinski definition) is 1. The van der Waals surface area contributed by atoms with E-state index in [2.05, 4.69) is 30.7 Å². The molecule has 1 aromatic heterocycles. The van der Waals surface area contributed by atoms with Crippen LogP contribution in [0.3, 0.4) is 0 Å². The lowest BCUT2D eigenvalue weighted by atomic mass is 9.91. The lowest BCUT2D eigenvalue weighted by Crippen LogP contribution is -2.16. The minimum atomic E-state index is 0.00697. The van der Waals surface area contributed by atoms with E-state index in [0.29, 0.717) is 5.69 Å². The van der Waals surface area contributed by atoms with Gasteiger partial charge in [0, 0.05) is 5.41 Å². The molecule has 0 bridgehead atoms. The van der Waals surface area contributed by atoms with Crippen molar-refractivity contribution in [2.24, 2.45) is 0 Å². The van der Waals surface area contributed by atoms with E-state index < -0.39 is 0 Å². The summed E-state index contributed by atoms with van der Waals surface area (Å²) in [7, 11) is 0. The summed E-state index contributed by atoms with van der Waals surface area (Å²) >= 11 is 0. The van der Waals surface area contributed by atoms with Gasteiger partial charge in [-0.2, -0.15) is 0 Å². The van der Waals surface area contributed by atoms with E-state index in [9.17, 15) is 0 Å². The molecule has 2 N–H and O–H groups in total. The Morgan fingerprint density at radius 1 is 1.36 bits per heavy atom. The molecule has 0 aliphatic rings. The Morgan fingerprint density at radius 2 is 2.00 bits per heavy atom. The van der Waals surface area contributed by atoms with Crippen LogP contribution in [0.1, 0.15) is 26.5 Å². The van der Waals surface area contributed by atoms with E-state index in [-0.39, 0.29) is 5.41 Å². The molecule has 1 aromatic rings. The largest absolute Gasteiger partial charge is 0.396 e. The van der Waals surface area contributed by atoms with Gasteiger partial charge in [-0.25, -0.2) is 9.97 Å². The summed E-state index contributed by atoms with van der Waals surface area (Å²) in [5, 5.41) is 0. The zero-order chi connectivity index (χ0) is 8.48. The molecule has 0 aliphatic carbocycles. The van der Waals surface area contributed by atoms with Crippen molar-refractivity contribution < 1.29 is 0 Å². The zero-order valence-electron chi connectivity index (χ0n) is 7.13. The molecule has 0 saturated carbocycles. The Bertz CT molecular complexity index is 250. The molecule has 0 fully saturated rings. The van der Waals surface area contributed by atoms with Gasteiger partial charge in [-0.3, -0.25) is 0 Å². The van der Waals surface area contributed by atoms with Crippen LogP contribution in [0.15, 0.2) is 12.5 Å². The van der Waals surface area contributed by atoms with E-state index in [1.165, 1.54) is 6.33 Å². The fraction of sp³-hybridized carbons (Fsp3) is 0.500. The van der Waals surface area contributed by atoms with Crippen molar-refractivity contribution in [2.75, 3.05) is 5.73 Å². The Balaban J connectivity index is 3.14. The van der Waals surface area contributed by atoms with Gasteiger partial charge in [0.05, 0.1) is 17.6 Å². The maximum absolute atomic E-state index is 5.68. The first-order chi connectivity index (χ1) is 5.02. The van der Waals surface area contributed by atoms with Crippen LogP contribution in [0.2, 0.25) is 0 Å². The number of anilines is 1. The third-order valence-electron chi connectivity index (χ3n) is 1.45. The van der Waals surface area contributed by atoms with Crippen molar-refractivity contribution in [3.05, 3.63) is 18.2 Å². The predicted molar refractivity (Wildman–Crippen MR) is 45.1 cm³/mol. The molecule has 1 heterocycles. The fourth-order valence-electron chi connectivity index (χ4n) is 0.967. The van der Waals surface area contributed by atoms with Crippen molar-refractivity contribution >= 4 is 5.69 Å². The summed E-state index contributed by atoms with van der Waals surface area (Å²) in [6, 6.07) is 0. The minimum absolute atomic E-state index is 0.00697. The topological polar surface area (TPSA) is 51.8 Å². The highest BCUT2D eigenvalue weighted by Gasteiger charge is 2.17. The van der Waals surface area contributed by atoms with Gasteiger partial charge in [0.2, 0.25) is 0 Å². The highest BCUT2D eigenvalue weighted by Crippen LogP contribution is 2.23. The van der Waals surface area contributed by atoms with Crippen molar-refractivity contribution in [3.63, 3.8) is 0 Å². The highest BCUT2D eigenvalue weighted by molar-refractivity contribution is 5.43. The average molecular weight is 151 g/mol. The molecule has 0 spiro atoms. The molecule has 0 amide bonds. The van der Waals surface area contributed by atoms with Gasteiger partial charge in [0.15, 0.2) is 0 Å². The summed E-state index contributed by atoms with van der Waals surface area (Å²) in [5.74, 6) is 0. The SMILES string of the molecule is CC(C)(C)c1ncncc1N. The Kier molecular flexibility index (Phi) is 1.81. The molecule has 0 aliphatic heterocycles. The molecule has 60 valence electrons. The van der Waals surface area contributed by atoms with Gasteiger partial charge in [-0.1, -0.05) is 20.8 Å². The summed E-state index contributed by atoms with van der Waals surface area (Å²) < 4.78 is 0. The van der Waals surface area contributed by atoms with Crippen LogP contribution in [0.5, 0.6) is 0 Å². The van der Waals surface area contributed by atoms with E-state index in [1.807, 2.05) is 0 Å². The molecule has 0 radical (unpaired) electrons. The van der Waals surface area contributed by atoms with Crippen molar-refractivity contribution in [1.29, 1.82) is 0 Å². The normalized spacial score (nSPS) is 11.5. The van der Waals surface area contributed by atoms with Gasteiger partial charge < -0.3 is 5.73 Å². The maximum atomic E-state index is 5.68. The monoisotopic (exact) mass is 151 g/mol. The smallest absolute Gasteiger partial charge is 0.115 e. The number of rotatable bonds is 0. The summed E-state index contributed by atoms with van der Waals surface area (Å²) in [4.78, 5) is 7.94. The second kappa shape index (κ2) is 2.49. The molecule has 11 heavy (non-hydrogen) atoms. The van der Waals surface area contributed by atoms with Crippen molar-refractivity contribution in [2.45, 2.75) is 26.2 Å². The van der Waals surface area contributed by atoms with Gasteiger partial charge >= 0.3 is 0 Å². The van der Waals surface area contributed by atoms with Gasteiger partial charge in [-0.05, 0) is 0 Å². The Hall–Kier alpha value is -1.12. The summed E-state index contributed by atoms with van der Waals surface area (Å²) in [6.45, 7) is 6.23. The maximum Gasteiger partial charge on any atom is 0.115 e. The Morgan fingerprint density at radius 3 is 2.36 bits per heavy atom. The average Bonchev–Trinajstić information content (AvgIpc) is 1.86. The van der Waals surface area contributed by atoms with Crippen LogP contribution < -0.4 is 5.73 Å².